The van der Waals surface area contributed by atoms with E-state index in [1.807, 2.05) is 13.0 Å². The Morgan fingerprint density at radius 3 is 1.86 bits per heavy atom. The van der Waals surface area contributed by atoms with Crippen molar-refractivity contribution in [2.75, 3.05) is 11.7 Å². The summed E-state index contributed by atoms with van der Waals surface area (Å²) < 4.78 is 30.8. The van der Waals surface area contributed by atoms with Crippen molar-refractivity contribution in [1.29, 1.82) is 0 Å². The Labute approximate surface area is 180 Å². The van der Waals surface area contributed by atoms with Crippen LogP contribution < -0.4 is 18.9 Å². The van der Waals surface area contributed by atoms with Crippen LogP contribution in [0.15, 0.2) is 72.8 Å². The first-order valence-electron chi connectivity index (χ1n) is 8.98. The van der Waals surface area contributed by atoms with Crippen molar-refractivity contribution >= 4 is 36.6 Å². The van der Waals surface area contributed by atoms with Gasteiger partial charge in [-0.2, -0.15) is 0 Å². The van der Waals surface area contributed by atoms with Gasteiger partial charge in [0.05, 0.1) is 12.3 Å². The molecule has 0 saturated carbocycles. The number of benzene rings is 3. The number of ether oxygens (including phenoxy) is 1. The highest BCUT2D eigenvalue weighted by Gasteiger charge is 2.30. The van der Waals surface area contributed by atoms with E-state index < -0.39 is 7.75 Å². The smallest absolute Gasteiger partial charge is 0.491 e. The Kier molecular flexibility index (Phi) is 7.32. The molecule has 1 N–H and O–H groups in total. The number of anilines is 1. The third-order valence-corrected chi connectivity index (χ3v) is 5.61. The van der Waals surface area contributed by atoms with Gasteiger partial charge in [-0.05, 0) is 67.1 Å². The van der Waals surface area contributed by atoms with Crippen LogP contribution in [0.1, 0.15) is 13.3 Å². The lowest BCUT2D eigenvalue weighted by atomic mass is 10.3. The van der Waals surface area contributed by atoms with Crippen molar-refractivity contribution < 1.29 is 18.3 Å². The zero-order valence-electron chi connectivity index (χ0n) is 15.7. The van der Waals surface area contributed by atoms with Gasteiger partial charge in [0.1, 0.15) is 17.2 Å². The summed E-state index contributed by atoms with van der Waals surface area (Å²) in [6.45, 7) is 2.54. The van der Waals surface area contributed by atoms with Crippen molar-refractivity contribution in [2.45, 2.75) is 13.3 Å². The van der Waals surface area contributed by atoms with Crippen molar-refractivity contribution in [3.05, 3.63) is 82.8 Å². The van der Waals surface area contributed by atoms with Crippen molar-refractivity contribution in [2.24, 2.45) is 0 Å². The van der Waals surface area contributed by atoms with Gasteiger partial charge in [-0.25, -0.2) is 4.57 Å². The summed E-state index contributed by atoms with van der Waals surface area (Å²) in [4.78, 5) is 0. The standard InChI is InChI=1S/C21H20Cl2NO4P/c1-2-15-26-21-6-4-3-5-20(21)24-29(25,27-18-11-7-16(22)8-12-18)28-19-13-9-17(23)10-14-19/h3-14H,2,15H2,1H3,(H,24,25). The van der Waals surface area contributed by atoms with Crippen molar-refractivity contribution in [1.82, 2.24) is 0 Å². The molecule has 0 atom stereocenters. The monoisotopic (exact) mass is 451 g/mol. The zero-order valence-corrected chi connectivity index (χ0v) is 18.1. The summed E-state index contributed by atoms with van der Waals surface area (Å²) in [5.74, 6) is 1.23. The Morgan fingerprint density at radius 2 is 1.34 bits per heavy atom. The summed E-state index contributed by atoms with van der Waals surface area (Å²) >= 11 is 11.9. The quantitative estimate of drug-likeness (QED) is 0.342. The van der Waals surface area contributed by atoms with Gasteiger partial charge in [0.25, 0.3) is 0 Å². The highest BCUT2D eigenvalue weighted by Crippen LogP contribution is 2.50. The number of nitrogens with one attached hydrogen (secondary N) is 1. The zero-order chi connectivity index (χ0) is 20.7. The van der Waals surface area contributed by atoms with Crippen LogP contribution in [-0.2, 0) is 4.57 Å². The van der Waals surface area contributed by atoms with Gasteiger partial charge in [-0.3, -0.25) is 5.09 Å². The molecule has 0 bridgehead atoms. The van der Waals surface area contributed by atoms with Crippen molar-refractivity contribution in [3.63, 3.8) is 0 Å². The van der Waals surface area contributed by atoms with Gasteiger partial charge < -0.3 is 13.8 Å². The molecule has 0 aliphatic heterocycles. The Bertz CT molecular complexity index is 929. The van der Waals surface area contributed by atoms with Gasteiger partial charge in [-0.1, -0.05) is 42.3 Å². The Morgan fingerprint density at radius 1 is 0.828 bits per heavy atom. The topological polar surface area (TPSA) is 56.8 Å². The maximum Gasteiger partial charge on any atom is 0.541 e. The Balaban J connectivity index is 1.90. The van der Waals surface area contributed by atoms with Crippen LogP contribution in [0.25, 0.3) is 0 Å². The first-order valence-corrected chi connectivity index (χ1v) is 11.3. The summed E-state index contributed by atoms with van der Waals surface area (Å²) in [5.41, 5.74) is 0.493. The molecule has 0 aliphatic rings. The van der Waals surface area contributed by atoms with E-state index in [0.29, 0.717) is 39.6 Å². The average molecular weight is 452 g/mol. The minimum Gasteiger partial charge on any atom is -0.491 e. The second-order valence-corrected chi connectivity index (χ2v) is 8.50. The maximum absolute atomic E-state index is 13.6. The lowest BCUT2D eigenvalue weighted by Gasteiger charge is -2.22. The number of hydrogen-bond acceptors (Lipinski definition) is 4. The molecule has 0 fully saturated rings. The van der Waals surface area contributed by atoms with E-state index >= 15 is 0 Å². The van der Waals surface area contributed by atoms with Crippen LogP contribution in [0.5, 0.6) is 17.2 Å². The van der Waals surface area contributed by atoms with Crippen LogP contribution in [0, 0.1) is 0 Å². The summed E-state index contributed by atoms with van der Waals surface area (Å²) in [6.07, 6.45) is 0.842. The normalized spacial score (nSPS) is 11.0. The first-order chi connectivity index (χ1) is 14.0. The molecule has 0 saturated heterocycles. The summed E-state index contributed by atoms with van der Waals surface area (Å²) in [7, 11) is -3.89. The van der Waals surface area contributed by atoms with Gasteiger partial charge >= 0.3 is 7.75 Å². The van der Waals surface area contributed by atoms with E-state index in [2.05, 4.69) is 5.09 Å². The molecule has 152 valence electrons. The fraction of sp³-hybridized carbons (Fsp3) is 0.143. The maximum atomic E-state index is 13.6. The summed E-state index contributed by atoms with van der Waals surface area (Å²) in [5, 5.41) is 3.96. The second kappa shape index (κ2) is 9.93. The van der Waals surface area contributed by atoms with Crippen LogP contribution in [-0.4, -0.2) is 6.61 Å². The molecule has 3 aromatic rings. The van der Waals surface area contributed by atoms with Crippen LogP contribution in [0.2, 0.25) is 10.0 Å². The van der Waals surface area contributed by atoms with Gasteiger partial charge in [0.2, 0.25) is 0 Å². The molecule has 29 heavy (non-hydrogen) atoms. The van der Waals surface area contributed by atoms with E-state index in [1.54, 1.807) is 66.7 Å². The molecular formula is C21H20Cl2NO4P. The molecular weight excluding hydrogens is 432 g/mol. The predicted octanol–water partition coefficient (Wildman–Crippen LogP) is 7.46. The van der Waals surface area contributed by atoms with Gasteiger partial charge in [-0.15, -0.1) is 0 Å². The molecule has 3 rings (SSSR count). The SMILES string of the molecule is CCCOc1ccccc1NP(=O)(Oc1ccc(Cl)cc1)Oc1ccc(Cl)cc1. The third-order valence-electron chi connectivity index (χ3n) is 3.68. The number of rotatable bonds is 9. The van der Waals surface area contributed by atoms with E-state index in [-0.39, 0.29) is 0 Å². The molecule has 5 nitrogen and oxygen atoms in total. The van der Waals surface area contributed by atoms with Crippen LogP contribution >= 0.6 is 30.9 Å². The molecule has 3 aromatic carbocycles. The van der Waals surface area contributed by atoms with Gasteiger partial charge in [0.15, 0.2) is 0 Å². The minimum absolute atomic E-state index is 0.339. The molecule has 8 heteroatoms. The summed E-state index contributed by atoms with van der Waals surface area (Å²) in [6, 6.07) is 20.2. The van der Waals surface area contributed by atoms with E-state index in [9.17, 15) is 4.57 Å². The lowest BCUT2D eigenvalue weighted by Crippen LogP contribution is -2.11. The lowest BCUT2D eigenvalue weighted by molar-refractivity contribution is 0.318. The van der Waals surface area contributed by atoms with E-state index in [1.165, 1.54) is 0 Å². The molecule has 0 spiro atoms. The molecule has 0 heterocycles. The number of hydrogen-bond donors (Lipinski definition) is 1. The third kappa shape index (κ3) is 6.33. The van der Waals surface area contributed by atoms with Crippen LogP contribution in [0.4, 0.5) is 5.69 Å². The minimum atomic E-state index is -3.89. The largest absolute Gasteiger partial charge is 0.541 e. The van der Waals surface area contributed by atoms with E-state index in [0.717, 1.165) is 6.42 Å². The molecule has 0 amide bonds. The first kappa shape index (κ1) is 21.4. The van der Waals surface area contributed by atoms with Crippen molar-refractivity contribution in [3.8, 4) is 17.2 Å². The van der Waals surface area contributed by atoms with E-state index in [4.69, 9.17) is 37.0 Å². The number of para-hydroxylation sites is 2. The molecule has 0 unspecified atom stereocenters. The molecule has 0 aromatic heterocycles. The molecule has 0 radical (unpaired) electrons. The Hall–Kier alpha value is -2.33. The number of halogens is 2. The second-order valence-electron chi connectivity index (χ2n) is 6.04. The fourth-order valence-corrected chi connectivity index (χ4v) is 4.04. The van der Waals surface area contributed by atoms with Crippen LogP contribution in [0.3, 0.4) is 0 Å². The highest BCUT2D eigenvalue weighted by atomic mass is 35.5. The highest BCUT2D eigenvalue weighted by molar-refractivity contribution is 7.56. The fourth-order valence-electron chi connectivity index (χ4n) is 2.38. The average Bonchev–Trinajstić information content (AvgIpc) is 2.71. The molecule has 0 aliphatic carbocycles. The van der Waals surface area contributed by atoms with Gasteiger partial charge in [0, 0.05) is 10.0 Å². The predicted molar refractivity (Wildman–Crippen MR) is 118 cm³/mol.